The SMILES string of the molecule is CC.CCC(C)Nc1c(C(=O)Nc2ccccc2)cnc2c1cnn2C(C)C. The van der Waals surface area contributed by atoms with Crippen molar-refractivity contribution in [2.24, 2.45) is 0 Å². The van der Waals surface area contributed by atoms with Crippen molar-refractivity contribution in [1.82, 2.24) is 14.8 Å². The van der Waals surface area contributed by atoms with Crippen molar-refractivity contribution in [2.45, 2.75) is 60.0 Å². The molecular weight excluding hydrogens is 350 g/mol. The Morgan fingerprint density at radius 1 is 1.11 bits per heavy atom. The molecule has 1 unspecified atom stereocenters. The molecule has 0 radical (unpaired) electrons. The molecule has 0 fully saturated rings. The van der Waals surface area contributed by atoms with E-state index in [-0.39, 0.29) is 18.0 Å². The molecule has 2 N–H and O–H groups in total. The maximum Gasteiger partial charge on any atom is 0.259 e. The highest BCUT2D eigenvalue weighted by Gasteiger charge is 2.20. The summed E-state index contributed by atoms with van der Waals surface area (Å²) in [6, 6.07) is 9.85. The minimum atomic E-state index is -0.186. The highest BCUT2D eigenvalue weighted by atomic mass is 16.1. The maximum atomic E-state index is 12.9. The van der Waals surface area contributed by atoms with Gasteiger partial charge in [-0.15, -0.1) is 0 Å². The van der Waals surface area contributed by atoms with Gasteiger partial charge in [0.25, 0.3) is 5.91 Å². The molecule has 28 heavy (non-hydrogen) atoms. The Labute approximate surface area is 167 Å². The number of aromatic nitrogens is 3. The Morgan fingerprint density at radius 2 is 1.79 bits per heavy atom. The standard InChI is InChI=1S/C20H25N5O.C2H6/c1-5-14(4)23-18-16-12-22-25(13(2)3)19(16)21-11-17(18)20(26)24-15-9-7-6-8-10-15;1-2/h6-14H,5H2,1-4H3,(H,21,23)(H,24,26);1-2H3. The lowest BCUT2D eigenvalue weighted by atomic mass is 10.1. The quantitative estimate of drug-likeness (QED) is 0.591. The second-order valence-electron chi connectivity index (χ2n) is 6.74. The molecule has 0 aliphatic rings. The van der Waals surface area contributed by atoms with Crippen molar-refractivity contribution >= 4 is 28.3 Å². The van der Waals surface area contributed by atoms with Crippen LogP contribution in [0.15, 0.2) is 42.7 Å². The van der Waals surface area contributed by atoms with Crippen LogP contribution in [0.4, 0.5) is 11.4 Å². The van der Waals surface area contributed by atoms with E-state index in [1.54, 1.807) is 12.4 Å². The lowest BCUT2D eigenvalue weighted by Crippen LogP contribution is -2.20. The average molecular weight is 382 g/mol. The van der Waals surface area contributed by atoms with Gasteiger partial charge in [0.15, 0.2) is 5.65 Å². The van der Waals surface area contributed by atoms with Crippen LogP contribution in [0.2, 0.25) is 0 Å². The maximum absolute atomic E-state index is 12.9. The Balaban J connectivity index is 0.00000136. The Hall–Kier alpha value is -2.89. The van der Waals surface area contributed by atoms with Crippen LogP contribution in [0.3, 0.4) is 0 Å². The zero-order valence-corrected chi connectivity index (χ0v) is 17.7. The third-order valence-corrected chi connectivity index (χ3v) is 4.39. The number of nitrogens with zero attached hydrogens (tertiary/aromatic N) is 3. The van der Waals surface area contributed by atoms with E-state index in [9.17, 15) is 4.79 Å². The lowest BCUT2D eigenvalue weighted by Gasteiger charge is -2.18. The summed E-state index contributed by atoms with van der Waals surface area (Å²) in [5.41, 5.74) is 2.83. The van der Waals surface area contributed by atoms with Gasteiger partial charge in [-0.1, -0.05) is 39.0 Å². The molecule has 0 bridgehead atoms. The molecule has 1 aromatic carbocycles. The van der Waals surface area contributed by atoms with E-state index >= 15 is 0 Å². The molecule has 1 amide bonds. The number of para-hydroxylation sites is 1. The number of fused-ring (bicyclic) bond motifs is 1. The number of pyridine rings is 1. The highest BCUT2D eigenvalue weighted by molar-refractivity contribution is 6.12. The van der Waals surface area contributed by atoms with Gasteiger partial charge in [-0.3, -0.25) is 4.79 Å². The largest absolute Gasteiger partial charge is 0.381 e. The molecule has 6 nitrogen and oxygen atoms in total. The van der Waals surface area contributed by atoms with E-state index in [0.29, 0.717) is 5.56 Å². The topological polar surface area (TPSA) is 71.8 Å². The summed E-state index contributed by atoms with van der Waals surface area (Å²) >= 11 is 0. The number of hydrogen-bond acceptors (Lipinski definition) is 4. The molecule has 0 spiro atoms. The second kappa shape index (κ2) is 9.88. The van der Waals surface area contributed by atoms with E-state index in [1.165, 1.54) is 0 Å². The number of hydrogen-bond donors (Lipinski definition) is 2. The molecule has 3 rings (SSSR count). The van der Waals surface area contributed by atoms with E-state index in [1.807, 2.05) is 48.9 Å². The molecule has 2 aromatic heterocycles. The van der Waals surface area contributed by atoms with Gasteiger partial charge in [0, 0.05) is 24.0 Å². The third-order valence-electron chi connectivity index (χ3n) is 4.39. The summed E-state index contributed by atoms with van der Waals surface area (Å²) in [6.45, 7) is 12.3. The third kappa shape index (κ3) is 4.68. The average Bonchev–Trinajstić information content (AvgIpc) is 3.15. The van der Waals surface area contributed by atoms with Gasteiger partial charge in [0.05, 0.1) is 22.8 Å². The van der Waals surface area contributed by atoms with Crippen molar-refractivity contribution in [3.05, 3.63) is 48.3 Å². The van der Waals surface area contributed by atoms with Gasteiger partial charge in [-0.25, -0.2) is 9.67 Å². The molecule has 150 valence electrons. The number of rotatable bonds is 6. The number of benzene rings is 1. The predicted octanol–water partition coefficient (Wildman–Crippen LogP) is 5.50. The fourth-order valence-corrected chi connectivity index (χ4v) is 2.77. The van der Waals surface area contributed by atoms with E-state index in [2.05, 4.69) is 48.4 Å². The van der Waals surface area contributed by atoms with Crippen LogP contribution in [0, 0.1) is 0 Å². The molecule has 6 heteroatoms. The molecule has 2 heterocycles. The highest BCUT2D eigenvalue weighted by Crippen LogP contribution is 2.29. The number of anilines is 2. The Kier molecular flexibility index (Phi) is 7.55. The van der Waals surface area contributed by atoms with Gasteiger partial charge in [0.2, 0.25) is 0 Å². The molecule has 1 atom stereocenters. The van der Waals surface area contributed by atoms with Crippen molar-refractivity contribution in [3.8, 4) is 0 Å². The number of nitrogens with one attached hydrogen (secondary N) is 2. The summed E-state index contributed by atoms with van der Waals surface area (Å²) in [5, 5.41) is 11.7. The van der Waals surface area contributed by atoms with Crippen LogP contribution in [0.5, 0.6) is 0 Å². The monoisotopic (exact) mass is 381 g/mol. The van der Waals surface area contributed by atoms with E-state index in [4.69, 9.17) is 0 Å². The molecule has 3 aromatic rings. The summed E-state index contributed by atoms with van der Waals surface area (Å²) in [5.74, 6) is -0.186. The first-order chi connectivity index (χ1) is 13.5. The number of amides is 1. The Morgan fingerprint density at radius 3 is 2.39 bits per heavy atom. The normalized spacial score (nSPS) is 11.7. The van der Waals surface area contributed by atoms with Crippen LogP contribution in [-0.2, 0) is 0 Å². The van der Waals surface area contributed by atoms with Crippen LogP contribution in [0.1, 0.15) is 64.4 Å². The minimum absolute atomic E-state index is 0.186. The summed E-state index contributed by atoms with van der Waals surface area (Å²) in [4.78, 5) is 17.4. The van der Waals surface area contributed by atoms with Gasteiger partial charge >= 0.3 is 0 Å². The van der Waals surface area contributed by atoms with Crippen molar-refractivity contribution in [3.63, 3.8) is 0 Å². The predicted molar refractivity (Wildman–Crippen MR) is 117 cm³/mol. The van der Waals surface area contributed by atoms with Crippen molar-refractivity contribution in [2.75, 3.05) is 10.6 Å². The lowest BCUT2D eigenvalue weighted by molar-refractivity contribution is 0.102. The van der Waals surface area contributed by atoms with Crippen molar-refractivity contribution < 1.29 is 4.79 Å². The zero-order chi connectivity index (χ0) is 20.7. The van der Waals surface area contributed by atoms with Gasteiger partial charge < -0.3 is 10.6 Å². The van der Waals surface area contributed by atoms with Crippen molar-refractivity contribution in [1.29, 1.82) is 0 Å². The number of carbonyl (C=O) groups is 1. The van der Waals surface area contributed by atoms with Crippen LogP contribution in [-0.4, -0.2) is 26.7 Å². The fourth-order valence-electron chi connectivity index (χ4n) is 2.77. The van der Waals surface area contributed by atoms with Crippen LogP contribution in [0.25, 0.3) is 11.0 Å². The van der Waals surface area contributed by atoms with Crippen LogP contribution < -0.4 is 10.6 Å². The summed E-state index contributed by atoms with van der Waals surface area (Å²) in [7, 11) is 0. The minimum Gasteiger partial charge on any atom is -0.381 e. The van der Waals surface area contributed by atoms with Gasteiger partial charge in [-0.2, -0.15) is 5.10 Å². The Bertz CT molecular complexity index is 902. The first-order valence-corrected chi connectivity index (χ1v) is 10.0. The first-order valence-electron chi connectivity index (χ1n) is 10.0. The number of carbonyl (C=O) groups excluding carboxylic acids is 1. The first kappa shape index (κ1) is 21.4. The second-order valence-corrected chi connectivity index (χ2v) is 6.74. The molecule has 0 aliphatic carbocycles. The van der Waals surface area contributed by atoms with Crippen LogP contribution >= 0.6 is 0 Å². The van der Waals surface area contributed by atoms with E-state index < -0.39 is 0 Å². The molecular formula is C22H31N5O. The van der Waals surface area contributed by atoms with Gasteiger partial charge in [-0.05, 0) is 39.3 Å². The summed E-state index contributed by atoms with van der Waals surface area (Å²) in [6.07, 6.45) is 4.36. The molecule has 0 aliphatic heterocycles. The zero-order valence-electron chi connectivity index (χ0n) is 17.7. The smallest absolute Gasteiger partial charge is 0.259 e. The fraction of sp³-hybridized carbons (Fsp3) is 0.409. The molecule has 0 saturated heterocycles. The van der Waals surface area contributed by atoms with E-state index in [0.717, 1.165) is 28.8 Å². The molecule has 0 saturated carbocycles. The summed E-state index contributed by atoms with van der Waals surface area (Å²) < 4.78 is 1.87. The van der Waals surface area contributed by atoms with Gasteiger partial charge in [0.1, 0.15) is 0 Å².